The minimum absolute atomic E-state index is 0.0106. The average molecular weight is 221 g/mol. The van der Waals surface area contributed by atoms with E-state index in [0.29, 0.717) is 12.2 Å². The van der Waals surface area contributed by atoms with Crippen LogP contribution in [0.5, 0.6) is 5.75 Å². The number of carbonyl (C=O) groups excluding carboxylic acids is 1. The van der Waals surface area contributed by atoms with E-state index >= 15 is 0 Å². The second-order valence-corrected chi connectivity index (χ2v) is 4.68. The summed E-state index contributed by atoms with van der Waals surface area (Å²) in [4.78, 5) is 12.6. The largest absolute Gasteiger partial charge is 0.492 e. The van der Waals surface area contributed by atoms with Gasteiger partial charge < -0.3 is 9.64 Å². The normalized spacial score (nSPS) is 11.6. The molecule has 0 amide bonds. The molecule has 3 heteroatoms. The maximum atomic E-state index is 10.5. The number of benzene rings is 1. The molecule has 0 saturated carbocycles. The smallest absolute Gasteiger partial charge is 0.150 e. The lowest BCUT2D eigenvalue weighted by atomic mass is 10.1. The molecule has 0 fully saturated rings. The molecule has 0 unspecified atom stereocenters. The fraction of sp³-hybridized carbons (Fsp3) is 0.462. The van der Waals surface area contributed by atoms with Crippen molar-refractivity contribution >= 4 is 6.29 Å². The van der Waals surface area contributed by atoms with Crippen molar-refractivity contribution in [2.24, 2.45) is 0 Å². The molecule has 0 bridgehead atoms. The SMILES string of the molecule is CN(C)C(C)(C)COc1ccc(C=O)cc1. The number of aldehydes is 1. The van der Waals surface area contributed by atoms with Crippen LogP contribution in [0.4, 0.5) is 0 Å². The Morgan fingerprint density at radius 2 is 1.81 bits per heavy atom. The molecule has 0 spiro atoms. The number of hydrogen-bond donors (Lipinski definition) is 0. The molecule has 0 aliphatic carbocycles. The molecule has 0 N–H and O–H groups in total. The van der Waals surface area contributed by atoms with Gasteiger partial charge >= 0.3 is 0 Å². The van der Waals surface area contributed by atoms with Crippen molar-refractivity contribution in [1.82, 2.24) is 4.90 Å². The van der Waals surface area contributed by atoms with Gasteiger partial charge in [0.2, 0.25) is 0 Å². The van der Waals surface area contributed by atoms with Crippen LogP contribution in [-0.4, -0.2) is 37.4 Å². The van der Waals surface area contributed by atoms with E-state index < -0.39 is 0 Å². The first-order chi connectivity index (χ1) is 7.45. The highest BCUT2D eigenvalue weighted by molar-refractivity contribution is 5.74. The van der Waals surface area contributed by atoms with Gasteiger partial charge in [0.15, 0.2) is 0 Å². The van der Waals surface area contributed by atoms with Crippen LogP contribution in [0.2, 0.25) is 0 Å². The molecule has 1 aromatic carbocycles. The first kappa shape index (κ1) is 12.7. The van der Waals surface area contributed by atoms with Crippen LogP contribution in [-0.2, 0) is 0 Å². The molecule has 0 atom stereocenters. The lowest BCUT2D eigenvalue weighted by Crippen LogP contribution is -2.43. The summed E-state index contributed by atoms with van der Waals surface area (Å²) in [5.41, 5.74) is 0.655. The molecule has 0 saturated heterocycles. The summed E-state index contributed by atoms with van der Waals surface area (Å²) in [5.74, 6) is 0.792. The fourth-order valence-electron chi connectivity index (χ4n) is 1.03. The van der Waals surface area contributed by atoms with Crippen LogP contribution in [0, 0.1) is 0 Å². The zero-order chi connectivity index (χ0) is 12.2. The standard InChI is InChI=1S/C13H19NO2/c1-13(2,14(3)4)10-16-12-7-5-11(9-15)6-8-12/h5-9H,10H2,1-4H3. The van der Waals surface area contributed by atoms with Gasteiger partial charge in [-0.05, 0) is 52.2 Å². The molecule has 0 aromatic heterocycles. The van der Waals surface area contributed by atoms with E-state index in [1.807, 2.05) is 26.2 Å². The Kier molecular flexibility index (Phi) is 4.07. The Balaban J connectivity index is 2.58. The van der Waals surface area contributed by atoms with E-state index in [1.165, 1.54) is 0 Å². The topological polar surface area (TPSA) is 29.5 Å². The van der Waals surface area contributed by atoms with E-state index in [0.717, 1.165) is 12.0 Å². The molecular weight excluding hydrogens is 202 g/mol. The van der Waals surface area contributed by atoms with E-state index in [2.05, 4.69) is 18.7 Å². The van der Waals surface area contributed by atoms with Crippen molar-refractivity contribution in [3.05, 3.63) is 29.8 Å². The summed E-state index contributed by atoms with van der Waals surface area (Å²) >= 11 is 0. The number of rotatable bonds is 5. The highest BCUT2D eigenvalue weighted by atomic mass is 16.5. The molecule has 1 aromatic rings. The van der Waals surface area contributed by atoms with Crippen molar-refractivity contribution in [3.8, 4) is 5.75 Å². The molecule has 0 aliphatic rings. The monoisotopic (exact) mass is 221 g/mol. The maximum absolute atomic E-state index is 10.5. The van der Waals surface area contributed by atoms with Crippen LogP contribution in [0.15, 0.2) is 24.3 Å². The Morgan fingerprint density at radius 3 is 2.25 bits per heavy atom. The van der Waals surface area contributed by atoms with E-state index in [4.69, 9.17) is 4.74 Å². The van der Waals surface area contributed by atoms with Crippen molar-refractivity contribution in [2.75, 3.05) is 20.7 Å². The van der Waals surface area contributed by atoms with Gasteiger partial charge in [-0.1, -0.05) is 0 Å². The molecule has 3 nitrogen and oxygen atoms in total. The second kappa shape index (κ2) is 5.12. The minimum Gasteiger partial charge on any atom is -0.492 e. The fourth-order valence-corrected chi connectivity index (χ4v) is 1.03. The zero-order valence-corrected chi connectivity index (χ0v) is 10.4. The summed E-state index contributed by atoms with van der Waals surface area (Å²) in [6.45, 7) is 4.85. The van der Waals surface area contributed by atoms with Gasteiger partial charge in [-0.2, -0.15) is 0 Å². The van der Waals surface area contributed by atoms with E-state index in [9.17, 15) is 4.79 Å². The average Bonchev–Trinajstić information content (AvgIpc) is 2.27. The van der Waals surface area contributed by atoms with Gasteiger partial charge in [0.25, 0.3) is 0 Å². The lowest BCUT2D eigenvalue weighted by Gasteiger charge is -2.32. The highest BCUT2D eigenvalue weighted by Gasteiger charge is 2.21. The Labute approximate surface area is 97.0 Å². The third-order valence-electron chi connectivity index (χ3n) is 2.82. The van der Waals surface area contributed by atoms with Crippen molar-refractivity contribution in [1.29, 1.82) is 0 Å². The van der Waals surface area contributed by atoms with Gasteiger partial charge in [0.05, 0.1) is 0 Å². The number of hydrogen-bond acceptors (Lipinski definition) is 3. The Morgan fingerprint density at radius 1 is 1.25 bits per heavy atom. The molecule has 0 heterocycles. The van der Waals surface area contributed by atoms with Crippen LogP contribution < -0.4 is 4.74 Å². The van der Waals surface area contributed by atoms with Crippen molar-refractivity contribution in [3.63, 3.8) is 0 Å². The van der Waals surface area contributed by atoms with E-state index in [-0.39, 0.29) is 5.54 Å². The van der Waals surface area contributed by atoms with Gasteiger partial charge in [-0.3, -0.25) is 4.79 Å². The lowest BCUT2D eigenvalue weighted by molar-refractivity contribution is 0.112. The number of carbonyl (C=O) groups is 1. The quantitative estimate of drug-likeness (QED) is 0.714. The molecule has 0 aliphatic heterocycles. The highest BCUT2D eigenvalue weighted by Crippen LogP contribution is 2.16. The first-order valence-corrected chi connectivity index (χ1v) is 5.31. The molecule has 88 valence electrons. The zero-order valence-electron chi connectivity index (χ0n) is 10.4. The van der Waals surface area contributed by atoms with Gasteiger partial charge in [0.1, 0.15) is 18.6 Å². The second-order valence-electron chi connectivity index (χ2n) is 4.68. The van der Waals surface area contributed by atoms with E-state index in [1.54, 1.807) is 12.1 Å². The molecular formula is C13H19NO2. The minimum atomic E-state index is -0.0106. The predicted octanol–water partition coefficient (Wildman–Crippen LogP) is 2.22. The van der Waals surface area contributed by atoms with Crippen LogP contribution in [0.25, 0.3) is 0 Å². The number of likely N-dealkylation sites (N-methyl/N-ethyl adjacent to an activating group) is 1. The van der Waals surface area contributed by atoms with Crippen LogP contribution in [0.3, 0.4) is 0 Å². The number of nitrogens with zero attached hydrogens (tertiary/aromatic N) is 1. The Hall–Kier alpha value is -1.35. The third-order valence-corrected chi connectivity index (χ3v) is 2.82. The molecule has 1 rings (SSSR count). The summed E-state index contributed by atoms with van der Waals surface area (Å²) < 4.78 is 5.67. The van der Waals surface area contributed by atoms with Gasteiger partial charge in [-0.25, -0.2) is 0 Å². The summed E-state index contributed by atoms with van der Waals surface area (Å²) in [6, 6.07) is 7.14. The third kappa shape index (κ3) is 3.35. The molecule has 16 heavy (non-hydrogen) atoms. The first-order valence-electron chi connectivity index (χ1n) is 5.31. The van der Waals surface area contributed by atoms with Crippen molar-refractivity contribution < 1.29 is 9.53 Å². The summed E-state index contributed by atoms with van der Waals surface area (Å²) in [6.07, 6.45) is 0.827. The van der Waals surface area contributed by atoms with Crippen LogP contribution in [0.1, 0.15) is 24.2 Å². The summed E-state index contributed by atoms with van der Waals surface area (Å²) in [5, 5.41) is 0. The van der Waals surface area contributed by atoms with Gasteiger partial charge in [0, 0.05) is 11.1 Å². The molecule has 0 radical (unpaired) electrons. The maximum Gasteiger partial charge on any atom is 0.150 e. The predicted molar refractivity (Wildman–Crippen MR) is 65.1 cm³/mol. The summed E-state index contributed by atoms with van der Waals surface area (Å²) in [7, 11) is 4.05. The Bertz CT molecular complexity index is 341. The van der Waals surface area contributed by atoms with Gasteiger partial charge in [-0.15, -0.1) is 0 Å². The van der Waals surface area contributed by atoms with Crippen molar-refractivity contribution in [2.45, 2.75) is 19.4 Å². The number of ether oxygens (including phenoxy) is 1. The van der Waals surface area contributed by atoms with Crippen LogP contribution >= 0.6 is 0 Å².